The fourth-order valence-electron chi connectivity index (χ4n) is 4.34. The molecular formula is C18H34N2. The number of hydrogen-bond acceptors (Lipinski definition) is 2. The van der Waals surface area contributed by atoms with Crippen LogP contribution in [0.25, 0.3) is 0 Å². The van der Waals surface area contributed by atoms with E-state index in [0.29, 0.717) is 5.41 Å². The van der Waals surface area contributed by atoms with E-state index in [9.17, 15) is 0 Å². The van der Waals surface area contributed by atoms with E-state index in [1.165, 1.54) is 77.4 Å². The van der Waals surface area contributed by atoms with Crippen molar-refractivity contribution in [2.24, 2.45) is 11.3 Å². The Kier molecular flexibility index (Phi) is 4.72. The first-order chi connectivity index (χ1) is 9.64. The molecule has 3 aliphatic rings. The first kappa shape index (κ1) is 14.8. The molecule has 1 aliphatic heterocycles. The van der Waals surface area contributed by atoms with Crippen molar-refractivity contribution >= 4 is 0 Å². The molecule has 2 saturated carbocycles. The van der Waals surface area contributed by atoms with Gasteiger partial charge in [0.1, 0.15) is 0 Å². The summed E-state index contributed by atoms with van der Waals surface area (Å²) in [7, 11) is 0. The van der Waals surface area contributed by atoms with E-state index in [1.54, 1.807) is 0 Å². The summed E-state index contributed by atoms with van der Waals surface area (Å²) in [4.78, 5) is 2.96. The molecule has 1 N–H and O–H groups in total. The van der Waals surface area contributed by atoms with Gasteiger partial charge in [0.15, 0.2) is 0 Å². The third-order valence-electron chi connectivity index (χ3n) is 5.96. The van der Waals surface area contributed by atoms with Gasteiger partial charge in [-0.1, -0.05) is 20.3 Å². The fraction of sp³-hybridized carbons (Fsp3) is 1.00. The number of hydrogen-bond donors (Lipinski definition) is 1. The summed E-state index contributed by atoms with van der Waals surface area (Å²) in [6.45, 7) is 8.85. The Balaban J connectivity index is 1.58. The number of nitrogens with zero attached hydrogens (tertiary/aromatic N) is 1. The lowest BCUT2D eigenvalue weighted by Crippen LogP contribution is -2.42. The van der Waals surface area contributed by atoms with E-state index < -0.39 is 0 Å². The van der Waals surface area contributed by atoms with E-state index in [2.05, 4.69) is 24.1 Å². The van der Waals surface area contributed by atoms with Gasteiger partial charge in [-0.05, 0) is 75.8 Å². The van der Waals surface area contributed by atoms with E-state index in [1.807, 2.05) is 0 Å². The summed E-state index contributed by atoms with van der Waals surface area (Å²) in [6, 6.07) is 1.86. The molecule has 0 amide bonds. The van der Waals surface area contributed by atoms with Gasteiger partial charge in [-0.2, -0.15) is 0 Å². The zero-order valence-corrected chi connectivity index (χ0v) is 13.7. The standard InChI is InChI=1S/C18H34N2/c1-18(2)10-3-4-16(7-11-18)20(17-5-6-17)14-15-8-12-19-13-9-15/h15-17,19H,3-14H2,1-2H3. The first-order valence-electron chi connectivity index (χ1n) is 9.10. The van der Waals surface area contributed by atoms with Crippen LogP contribution in [0.3, 0.4) is 0 Å². The highest BCUT2D eigenvalue weighted by molar-refractivity contribution is 4.92. The van der Waals surface area contributed by atoms with Gasteiger partial charge >= 0.3 is 0 Å². The molecule has 0 aromatic rings. The van der Waals surface area contributed by atoms with Gasteiger partial charge in [0, 0.05) is 18.6 Å². The van der Waals surface area contributed by atoms with Gasteiger partial charge in [0.05, 0.1) is 0 Å². The lowest BCUT2D eigenvalue weighted by atomic mass is 9.85. The molecule has 3 fully saturated rings. The Morgan fingerprint density at radius 3 is 2.30 bits per heavy atom. The summed E-state index contributed by atoms with van der Waals surface area (Å²) in [5, 5.41) is 3.51. The largest absolute Gasteiger partial charge is 0.317 e. The van der Waals surface area contributed by atoms with Crippen molar-refractivity contribution < 1.29 is 0 Å². The molecule has 116 valence electrons. The van der Waals surface area contributed by atoms with Gasteiger partial charge in [-0.25, -0.2) is 0 Å². The molecule has 0 aromatic carbocycles. The lowest BCUT2D eigenvalue weighted by Gasteiger charge is -2.36. The molecule has 0 radical (unpaired) electrons. The molecule has 2 nitrogen and oxygen atoms in total. The third-order valence-corrected chi connectivity index (χ3v) is 5.96. The molecule has 1 unspecified atom stereocenters. The van der Waals surface area contributed by atoms with Crippen LogP contribution in [0.5, 0.6) is 0 Å². The molecule has 2 heteroatoms. The Morgan fingerprint density at radius 2 is 1.60 bits per heavy atom. The summed E-state index contributed by atoms with van der Waals surface area (Å²) < 4.78 is 0. The zero-order chi connectivity index (χ0) is 14.0. The topological polar surface area (TPSA) is 15.3 Å². The lowest BCUT2D eigenvalue weighted by molar-refractivity contribution is 0.128. The van der Waals surface area contributed by atoms with Gasteiger partial charge in [0.25, 0.3) is 0 Å². The highest BCUT2D eigenvalue weighted by Gasteiger charge is 2.37. The van der Waals surface area contributed by atoms with Crippen LogP contribution in [0.15, 0.2) is 0 Å². The maximum Gasteiger partial charge on any atom is 0.00994 e. The molecular weight excluding hydrogens is 244 g/mol. The van der Waals surface area contributed by atoms with Crippen molar-refractivity contribution in [3.63, 3.8) is 0 Å². The quantitative estimate of drug-likeness (QED) is 0.787. The maximum absolute atomic E-state index is 3.51. The van der Waals surface area contributed by atoms with Crippen LogP contribution in [0.2, 0.25) is 0 Å². The van der Waals surface area contributed by atoms with E-state index in [-0.39, 0.29) is 0 Å². The van der Waals surface area contributed by atoms with Crippen LogP contribution in [0, 0.1) is 11.3 Å². The second kappa shape index (κ2) is 6.36. The average Bonchev–Trinajstić information content (AvgIpc) is 3.26. The van der Waals surface area contributed by atoms with Crippen LogP contribution in [0.4, 0.5) is 0 Å². The summed E-state index contributed by atoms with van der Waals surface area (Å²) in [5.74, 6) is 0.966. The normalized spacial score (nSPS) is 32.2. The Morgan fingerprint density at radius 1 is 0.900 bits per heavy atom. The molecule has 1 saturated heterocycles. The second-order valence-corrected chi connectivity index (χ2v) is 8.37. The summed E-state index contributed by atoms with van der Waals surface area (Å²) >= 11 is 0. The van der Waals surface area contributed by atoms with Crippen molar-refractivity contribution in [3.8, 4) is 0 Å². The molecule has 0 bridgehead atoms. The monoisotopic (exact) mass is 278 g/mol. The average molecular weight is 278 g/mol. The van der Waals surface area contributed by atoms with Gasteiger partial charge in [-0.15, -0.1) is 0 Å². The van der Waals surface area contributed by atoms with E-state index in [0.717, 1.165) is 18.0 Å². The first-order valence-corrected chi connectivity index (χ1v) is 9.10. The van der Waals surface area contributed by atoms with Crippen molar-refractivity contribution in [2.75, 3.05) is 19.6 Å². The van der Waals surface area contributed by atoms with Crippen LogP contribution in [-0.2, 0) is 0 Å². The predicted octanol–water partition coefficient (Wildman–Crippen LogP) is 3.81. The summed E-state index contributed by atoms with van der Waals surface area (Å²) in [6.07, 6.45) is 13.0. The third kappa shape index (κ3) is 3.98. The number of nitrogens with one attached hydrogen (secondary N) is 1. The van der Waals surface area contributed by atoms with E-state index >= 15 is 0 Å². The fourth-order valence-corrected chi connectivity index (χ4v) is 4.34. The van der Waals surface area contributed by atoms with Crippen LogP contribution < -0.4 is 5.32 Å². The molecule has 3 rings (SSSR count). The van der Waals surface area contributed by atoms with Gasteiger partial charge in [0.2, 0.25) is 0 Å². The van der Waals surface area contributed by atoms with Gasteiger partial charge < -0.3 is 5.32 Å². The second-order valence-electron chi connectivity index (χ2n) is 8.37. The Labute approximate surface area is 125 Å². The maximum atomic E-state index is 3.51. The molecule has 1 heterocycles. The highest BCUT2D eigenvalue weighted by Crippen LogP contribution is 2.39. The molecule has 0 spiro atoms. The number of piperidine rings is 1. The van der Waals surface area contributed by atoms with Crippen LogP contribution in [0.1, 0.15) is 71.6 Å². The molecule has 1 atom stereocenters. The molecule has 0 aromatic heterocycles. The summed E-state index contributed by atoms with van der Waals surface area (Å²) in [5.41, 5.74) is 0.596. The SMILES string of the molecule is CC1(C)CCCC(N(CC2CCNCC2)C2CC2)CC1. The molecule has 2 aliphatic carbocycles. The predicted molar refractivity (Wildman–Crippen MR) is 86.0 cm³/mol. The minimum Gasteiger partial charge on any atom is -0.317 e. The Hall–Kier alpha value is -0.0800. The van der Waals surface area contributed by atoms with Crippen molar-refractivity contribution in [2.45, 2.75) is 83.7 Å². The number of rotatable bonds is 4. The smallest absolute Gasteiger partial charge is 0.00994 e. The van der Waals surface area contributed by atoms with Crippen molar-refractivity contribution in [1.29, 1.82) is 0 Å². The van der Waals surface area contributed by atoms with Crippen molar-refractivity contribution in [1.82, 2.24) is 10.2 Å². The van der Waals surface area contributed by atoms with Crippen LogP contribution >= 0.6 is 0 Å². The minimum absolute atomic E-state index is 0.596. The van der Waals surface area contributed by atoms with Crippen LogP contribution in [-0.4, -0.2) is 36.6 Å². The minimum atomic E-state index is 0.596. The van der Waals surface area contributed by atoms with E-state index in [4.69, 9.17) is 0 Å². The van der Waals surface area contributed by atoms with Crippen molar-refractivity contribution in [3.05, 3.63) is 0 Å². The zero-order valence-electron chi connectivity index (χ0n) is 13.7. The highest BCUT2D eigenvalue weighted by atomic mass is 15.2. The van der Waals surface area contributed by atoms with Gasteiger partial charge in [-0.3, -0.25) is 4.90 Å². The Bertz CT molecular complexity index is 303. The molecule has 20 heavy (non-hydrogen) atoms.